The first-order chi connectivity index (χ1) is 8.16. The molecule has 0 aromatic carbocycles. The van der Waals surface area contributed by atoms with Crippen molar-refractivity contribution in [1.82, 2.24) is 25.5 Å². The zero-order valence-electron chi connectivity index (χ0n) is 10.2. The summed E-state index contributed by atoms with van der Waals surface area (Å²) in [5.74, 6) is 0.618. The van der Waals surface area contributed by atoms with E-state index in [0.29, 0.717) is 24.4 Å². The molecule has 1 aliphatic carbocycles. The summed E-state index contributed by atoms with van der Waals surface area (Å²) in [5, 5.41) is 25.4. The molecule has 0 spiro atoms. The van der Waals surface area contributed by atoms with E-state index in [2.05, 4.69) is 34.7 Å². The largest absolute Gasteiger partial charge is 0.391 e. The number of rotatable bonds is 7. The Hall–Kier alpha value is -0.660. The first-order valence-electron chi connectivity index (χ1n) is 5.99. The lowest BCUT2D eigenvalue weighted by Crippen LogP contribution is -2.33. The molecule has 0 aliphatic heterocycles. The highest BCUT2D eigenvalue weighted by Gasteiger charge is 2.28. The highest BCUT2D eigenvalue weighted by molar-refractivity contribution is 7.99. The normalized spacial score (nSPS) is 17.6. The Morgan fingerprint density at radius 1 is 1.53 bits per heavy atom. The van der Waals surface area contributed by atoms with Crippen LogP contribution in [0.25, 0.3) is 0 Å². The highest BCUT2D eigenvalue weighted by Crippen LogP contribution is 2.36. The van der Waals surface area contributed by atoms with Crippen LogP contribution < -0.4 is 5.32 Å². The molecular weight excluding hydrogens is 238 g/mol. The van der Waals surface area contributed by atoms with Crippen molar-refractivity contribution >= 4 is 11.8 Å². The molecule has 2 rings (SSSR count). The van der Waals surface area contributed by atoms with Gasteiger partial charge in [-0.15, -0.1) is 5.10 Å². The second-order valence-corrected chi connectivity index (χ2v) is 5.65. The average molecular weight is 257 g/mol. The zero-order chi connectivity index (χ0) is 12.3. The van der Waals surface area contributed by atoms with Gasteiger partial charge in [-0.2, -0.15) is 0 Å². The van der Waals surface area contributed by atoms with Gasteiger partial charge in [-0.05, 0) is 23.3 Å². The lowest BCUT2D eigenvalue weighted by Gasteiger charge is -2.13. The molecule has 0 amide bonds. The fraction of sp³-hybridized carbons (Fsp3) is 0.900. The molecule has 0 saturated heterocycles. The quantitative estimate of drug-likeness (QED) is 0.691. The molecule has 0 bridgehead atoms. The third kappa shape index (κ3) is 3.93. The summed E-state index contributed by atoms with van der Waals surface area (Å²) < 4.78 is 1.87. The number of aromatic nitrogens is 4. The van der Waals surface area contributed by atoms with Crippen LogP contribution in [0.4, 0.5) is 0 Å². The summed E-state index contributed by atoms with van der Waals surface area (Å²) in [6, 6.07) is 0.880. The summed E-state index contributed by atoms with van der Waals surface area (Å²) in [7, 11) is 0. The summed E-state index contributed by atoms with van der Waals surface area (Å²) >= 11 is 1.52. The molecule has 17 heavy (non-hydrogen) atoms. The summed E-state index contributed by atoms with van der Waals surface area (Å²) in [4.78, 5) is 0. The Balaban J connectivity index is 1.75. The van der Waals surface area contributed by atoms with Crippen molar-refractivity contribution in [2.75, 3.05) is 12.3 Å². The van der Waals surface area contributed by atoms with Crippen LogP contribution in [0.2, 0.25) is 0 Å². The number of nitrogens with one attached hydrogen (secondary N) is 1. The highest BCUT2D eigenvalue weighted by atomic mass is 32.2. The van der Waals surface area contributed by atoms with Gasteiger partial charge in [0.2, 0.25) is 5.16 Å². The summed E-state index contributed by atoms with van der Waals surface area (Å²) in [5.41, 5.74) is 0. The first kappa shape index (κ1) is 12.8. The fourth-order valence-corrected chi connectivity index (χ4v) is 2.30. The van der Waals surface area contributed by atoms with E-state index in [-0.39, 0.29) is 6.10 Å². The van der Waals surface area contributed by atoms with E-state index in [0.717, 1.165) is 18.0 Å². The molecule has 1 fully saturated rings. The van der Waals surface area contributed by atoms with Crippen LogP contribution in [0.5, 0.6) is 0 Å². The summed E-state index contributed by atoms with van der Waals surface area (Å²) in [6.07, 6.45) is 1.96. The Morgan fingerprint density at radius 2 is 2.29 bits per heavy atom. The molecule has 1 unspecified atom stereocenters. The molecule has 1 aliphatic rings. The van der Waals surface area contributed by atoms with Gasteiger partial charge in [-0.1, -0.05) is 25.6 Å². The fourth-order valence-electron chi connectivity index (χ4n) is 1.43. The first-order valence-corrected chi connectivity index (χ1v) is 6.97. The van der Waals surface area contributed by atoms with Crippen LogP contribution in [0, 0.1) is 0 Å². The summed E-state index contributed by atoms with van der Waals surface area (Å²) in [6.45, 7) is 4.73. The minimum absolute atomic E-state index is 0.369. The molecule has 2 N–H and O–H groups in total. The topological polar surface area (TPSA) is 75.9 Å². The monoisotopic (exact) mass is 257 g/mol. The molecule has 1 aromatic heterocycles. The molecule has 1 aromatic rings. The Kier molecular flexibility index (Phi) is 4.36. The molecule has 96 valence electrons. The van der Waals surface area contributed by atoms with Gasteiger partial charge in [-0.25, -0.2) is 4.68 Å². The Morgan fingerprint density at radius 3 is 2.94 bits per heavy atom. The van der Waals surface area contributed by atoms with Crippen LogP contribution >= 0.6 is 11.8 Å². The predicted octanol–water partition coefficient (Wildman–Crippen LogP) is 0.459. The van der Waals surface area contributed by atoms with Gasteiger partial charge < -0.3 is 10.4 Å². The Bertz CT molecular complexity index is 352. The van der Waals surface area contributed by atoms with E-state index >= 15 is 0 Å². The third-order valence-corrected chi connectivity index (χ3v) is 3.60. The van der Waals surface area contributed by atoms with Crippen molar-refractivity contribution in [2.45, 2.75) is 50.0 Å². The van der Waals surface area contributed by atoms with Crippen LogP contribution in [-0.4, -0.2) is 49.8 Å². The molecule has 6 nitrogen and oxygen atoms in total. The SMILES string of the molecule is CC(C)NCC(O)CSc1nnnn1C1CC1. The third-order valence-electron chi connectivity index (χ3n) is 2.52. The van der Waals surface area contributed by atoms with Gasteiger partial charge in [0.25, 0.3) is 0 Å². The van der Waals surface area contributed by atoms with Crippen LogP contribution in [0.15, 0.2) is 5.16 Å². The number of aliphatic hydroxyl groups excluding tert-OH is 1. The molecule has 1 atom stereocenters. The van der Waals surface area contributed by atoms with Crippen LogP contribution in [-0.2, 0) is 0 Å². The maximum absolute atomic E-state index is 9.78. The standard InChI is InChI=1S/C10H19N5OS/c1-7(2)11-5-9(16)6-17-10-12-13-14-15(10)8-3-4-8/h7-9,11,16H,3-6H2,1-2H3. The minimum atomic E-state index is -0.369. The van der Waals surface area contributed by atoms with Gasteiger partial charge in [0.1, 0.15) is 0 Å². The number of hydrogen-bond acceptors (Lipinski definition) is 6. The maximum atomic E-state index is 9.78. The molecule has 1 saturated carbocycles. The lowest BCUT2D eigenvalue weighted by atomic mass is 10.3. The second-order valence-electron chi connectivity index (χ2n) is 4.66. The molecule has 0 radical (unpaired) electrons. The average Bonchev–Trinajstić information content (AvgIpc) is 3.03. The molecular formula is C10H19N5OS. The van der Waals surface area contributed by atoms with Crippen molar-refractivity contribution in [1.29, 1.82) is 0 Å². The van der Waals surface area contributed by atoms with E-state index in [9.17, 15) is 5.11 Å². The number of tetrazole rings is 1. The van der Waals surface area contributed by atoms with E-state index in [1.807, 2.05) is 4.68 Å². The van der Waals surface area contributed by atoms with Gasteiger partial charge in [0, 0.05) is 18.3 Å². The van der Waals surface area contributed by atoms with Crippen LogP contribution in [0.1, 0.15) is 32.7 Å². The van der Waals surface area contributed by atoms with Gasteiger partial charge in [0.05, 0.1) is 12.1 Å². The van der Waals surface area contributed by atoms with Gasteiger partial charge >= 0.3 is 0 Å². The van der Waals surface area contributed by atoms with Crippen molar-refractivity contribution < 1.29 is 5.11 Å². The smallest absolute Gasteiger partial charge is 0.209 e. The van der Waals surface area contributed by atoms with Crippen molar-refractivity contribution in [3.63, 3.8) is 0 Å². The number of nitrogens with zero attached hydrogens (tertiary/aromatic N) is 4. The molecule has 1 heterocycles. The lowest BCUT2D eigenvalue weighted by molar-refractivity contribution is 0.192. The van der Waals surface area contributed by atoms with E-state index in [1.54, 1.807) is 0 Å². The second kappa shape index (κ2) is 5.79. The van der Waals surface area contributed by atoms with E-state index in [1.165, 1.54) is 11.8 Å². The van der Waals surface area contributed by atoms with E-state index in [4.69, 9.17) is 0 Å². The van der Waals surface area contributed by atoms with Gasteiger partial charge in [0.15, 0.2) is 0 Å². The number of thioether (sulfide) groups is 1. The van der Waals surface area contributed by atoms with Crippen molar-refractivity contribution in [2.24, 2.45) is 0 Å². The predicted molar refractivity (Wildman–Crippen MR) is 66.0 cm³/mol. The minimum Gasteiger partial charge on any atom is -0.391 e. The van der Waals surface area contributed by atoms with Crippen molar-refractivity contribution in [3.8, 4) is 0 Å². The van der Waals surface area contributed by atoms with Crippen molar-refractivity contribution in [3.05, 3.63) is 0 Å². The maximum Gasteiger partial charge on any atom is 0.209 e. The van der Waals surface area contributed by atoms with E-state index < -0.39 is 0 Å². The molecule has 7 heteroatoms. The zero-order valence-corrected chi connectivity index (χ0v) is 11.0. The number of hydrogen-bond donors (Lipinski definition) is 2. The Labute approximate surface area is 105 Å². The van der Waals surface area contributed by atoms with Gasteiger partial charge in [-0.3, -0.25) is 0 Å². The van der Waals surface area contributed by atoms with Crippen LogP contribution in [0.3, 0.4) is 0 Å². The number of aliphatic hydroxyl groups is 1.